The van der Waals surface area contributed by atoms with E-state index in [0.29, 0.717) is 11.4 Å². The predicted molar refractivity (Wildman–Crippen MR) is 113 cm³/mol. The highest BCUT2D eigenvalue weighted by Gasteiger charge is 2.20. The van der Waals surface area contributed by atoms with E-state index in [9.17, 15) is 12.8 Å². The molecule has 1 aromatic heterocycles. The normalized spacial score (nSPS) is 16.1. The molecule has 2 aromatic rings. The molecule has 1 aliphatic rings. The number of hydrogen-bond donors (Lipinski definition) is 2. The van der Waals surface area contributed by atoms with Gasteiger partial charge in [-0.3, -0.25) is 9.11 Å². The second-order valence-electron chi connectivity index (χ2n) is 6.89. The highest BCUT2D eigenvalue weighted by molar-refractivity contribution is 9.10. The van der Waals surface area contributed by atoms with E-state index in [4.69, 9.17) is 0 Å². The van der Waals surface area contributed by atoms with E-state index in [-0.39, 0.29) is 10.8 Å². The lowest BCUT2D eigenvalue weighted by atomic mass is 10.0. The van der Waals surface area contributed by atoms with Crippen LogP contribution in [0.5, 0.6) is 0 Å². The lowest BCUT2D eigenvalue weighted by molar-refractivity contribution is 0.447. The largest absolute Gasteiger partial charge is 0.353 e. The number of nitrogens with one attached hydrogen (secondary N) is 2. The lowest BCUT2D eigenvalue weighted by Gasteiger charge is -2.29. The van der Waals surface area contributed by atoms with E-state index in [1.807, 2.05) is 0 Å². The highest BCUT2D eigenvalue weighted by atomic mass is 79.9. The van der Waals surface area contributed by atoms with Gasteiger partial charge in [-0.1, -0.05) is 19.1 Å². The van der Waals surface area contributed by atoms with E-state index < -0.39 is 16.7 Å². The fourth-order valence-corrected chi connectivity index (χ4v) is 4.71. The summed E-state index contributed by atoms with van der Waals surface area (Å²) in [6.07, 6.45) is 0. The van der Waals surface area contributed by atoms with E-state index in [1.165, 1.54) is 12.1 Å². The van der Waals surface area contributed by atoms with Crippen molar-refractivity contribution < 1.29 is 12.8 Å². The lowest BCUT2D eigenvalue weighted by Crippen LogP contribution is -2.44. The molecule has 1 aliphatic heterocycles. The van der Waals surface area contributed by atoms with Crippen molar-refractivity contribution in [2.75, 3.05) is 42.5 Å². The molecule has 0 unspecified atom stereocenters. The quantitative estimate of drug-likeness (QED) is 0.676. The third-order valence-electron chi connectivity index (χ3n) is 4.80. The van der Waals surface area contributed by atoms with Gasteiger partial charge in [-0.15, -0.1) is 0 Å². The molecule has 1 fully saturated rings. The van der Waals surface area contributed by atoms with Crippen molar-refractivity contribution in [2.24, 2.45) is 0 Å². The molecule has 152 valence electrons. The highest BCUT2D eigenvalue weighted by Crippen LogP contribution is 2.30. The van der Waals surface area contributed by atoms with Crippen LogP contribution in [-0.4, -0.2) is 46.3 Å². The zero-order valence-corrected chi connectivity index (χ0v) is 18.3. The monoisotopic (exact) mass is 470 g/mol. The molecule has 9 heteroatoms. The molecule has 0 amide bonds. The van der Waals surface area contributed by atoms with E-state index in [0.717, 1.165) is 42.0 Å². The van der Waals surface area contributed by atoms with Crippen molar-refractivity contribution >= 4 is 37.5 Å². The first-order valence-corrected chi connectivity index (χ1v) is 11.4. The minimum absolute atomic E-state index is 0.129. The molecule has 0 aliphatic carbocycles. The Morgan fingerprint density at radius 1 is 1.29 bits per heavy atom. The van der Waals surface area contributed by atoms with Crippen molar-refractivity contribution in [1.82, 2.24) is 10.3 Å². The third kappa shape index (κ3) is 4.64. The van der Waals surface area contributed by atoms with Gasteiger partial charge in [-0.05, 0) is 46.6 Å². The molecule has 0 bridgehead atoms. The van der Waals surface area contributed by atoms with Gasteiger partial charge in [0.1, 0.15) is 5.82 Å². The SMILES string of the molecule is Cc1nc(N2CCNCC2)c(Br)cc1NS(=O)(=O)c1ccc([C@H](C)CF)cc1. The van der Waals surface area contributed by atoms with E-state index in [1.54, 1.807) is 32.0 Å². The zero-order chi connectivity index (χ0) is 20.3. The number of aromatic nitrogens is 1. The van der Waals surface area contributed by atoms with Crippen LogP contribution in [0.4, 0.5) is 15.9 Å². The summed E-state index contributed by atoms with van der Waals surface area (Å²) in [5.74, 6) is 0.552. The van der Waals surface area contributed by atoms with Crippen LogP contribution in [0, 0.1) is 6.92 Å². The van der Waals surface area contributed by atoms with Crippen molar-refractivity contribution in [1.29, 1.82) is 0 Å². The van der Waals surface area contributed by atoms with Gasteiger partial charge < -0.3 is 10.2 Å². The number of alkyl halides is 1. The summed E-state index contributed by atoms with van der Waals surface area (Å²) in [6, 6.07) is 8.03. The van der Waals surface area contributed by atoms with Crippen LogP contribution >= 0.6 is 15.9 Å². The number of rotatable bonds is 6. The summed E-state index contributed by atoms with van der Waals surface area (Å²) in [4.78, 5) is 6.90. The van der Waals surface area contributed by atoms with Gasteiger partial charge in [0.25, 0.3) is 10.0 Å². The van der Waals surface area contributed by atoms with Gasteiger partial charge in [-0.2, -0.15) is 0 Å². The Morgan fingerprint density at radius 3 is 2.54 bits per heavy atom. The summed E-state index contributed by atoms with van der Waals surface area (Å²) in [6.45, 7) is 6.52. The fraction of sp³-hybridized carbons (Fsp3) is 0.421. The molecule has 28 heavy (non-hydrogen) atoms. The van der Waals surface area contributed by atoms with Crippen molar-refractivity contribution in [3.05, 3.63) is 46.1 Å². The second-order valence-corrected chi connectivity index (χ2v) is 9.43. The molecule has 0 radical (unpaired) electrons. The number of piperazine rings is 1. The number of aryl methyl sites for hydroxylation is 1. The molecule has 3 rings (SSSR count). The zero-order valence-electron chi connectivity index (χ0n) is 15.9. The minimum atomic E-state index is -3.77. The summed E-state index contributed by atoms with van der Waals surface area (Å²) in [7, 11) is -3.77. The molecular weight excluding hydrogens is 447 g/mol. The maximum absolute atomic E-state index is 12.8. The fourth-order valence-electron chi connectivity index (χ4n) is 3.04. The molecule has 2 heterocycles. The summed E-state index contributed by atoms with van der Waals surface area (Å²) < 4.78 is 41.7. The molecule has 1 aromatic carbocycles. The van der Waals surface area contributed by atoms with Crippen molar-refractivity contribution in [3.63, 3.8) is 0 Å². The summed E-state index contributed by atoms with van der Waals surface area (Å²) in [5, 5.41) is 3.30. The summed E-state index contributed by atoms with van der Waals surface area (Å²) >= 11 is 3.52. The Bertz CT molecular complexity index is 932. The third-order valence-corrected chi connectivity index (χ3v) is 6.76. The maximum atomic E-state index is 12.8. The standard InChI is InChI=1S/C19H24BrFN4O2S/c1-13(12-21)15-3-5-16(6-4-15)28(26,27)24-18-11-17(20)19(23-14(18)2)25-9-7-22-8-10-25/h3-6,11,13,22,24H,7-10,12H2,1-2H3/t13-/m1/s1. The molecule has 1 saturated heterocycles. The number of nitrogens with zero attached hydrogens (tertiary/aromatic N) is 2. The number of halogens is 2. The smallest absolute Gasteiger partial charge is 0.261 e. The molecule has 1 atom stereocenters. The van der Waals surface area contributed by atoms with Crippen LogP contribution in [0.15, 0.2) is 39.7 Å². The predicted octanol–water partition coefficient (Wildman–Crippen LogP) is 3.44. The van der Waals surface area contributed by atoms with Crippen LogP contribution in [-0.2, 0) is 10.0 Å². The molecule has 6 nitrogen and oxygen atoms in total. The Kier molecular flexibility index (Phi) is 6.57. The van der Waals surface area contributed by atoms with E-state index in [2.05, 4.69) is 35.9 Å². The van der Waals surface area contributed by atoms with Crippen molar-refractivity contribution in [2.45, 2.75) is 24.7 Å². The molecule has 0 saturated carbocycles. The van der Waals surface area contributed by atoms with Gasteiger partial charge in [0.15, 0.2) is 0 Å². The van der Waals surface area contributed by atoms with E-state index >= 15 is 0 Å². The molecule has 2 N–H and O–H groups in total. The number of hydrogen-bond acceptors (Lipinski definition) is 5. The molecular formula is C19H24BrFN4O2S. The first-order chi connectivity index (χ1) is 13.3. The maximum Gasteiger partial charge on any atom is 0.261 e. The molecule has 0 spiro atoms. The first-order valence-electron chi connectivity index (χ1n) is 9.13. The van der Waals surface area contributed by atoms with Crippen LogP contribution in [0.25, 0.3) is 0 Å². The summed E-state index contributed by atoms with van der Waals surface area (Å²) in [5.41, 5.74) is 1.79. The topological polar surface area (TPSA) is 74.3 Å². The Hall–Kier alpha value is -1.71. The van der Waals surface area contributed by atoms with Gasteiger partial charge >= 0.3 is 0 Å². The Balaban J connectivity index is 1.83. The minimum Gasteiger partial charge on any atom is -0.353 e. The van der Waals surface area contributed by atoms with Crippen LogP contribution in [0.3, 0.4) is 0 Å². The number of pyridine rings is 1. The number of benzene rings is 1. The van der Waals surface area contributed by atoms with Gasteiger partial charge in [0, 0.05) is 32.1 Å². The number of anilines is 2. The Morgan fingerprint density at radius 2 is 1.93 bits per heavy atom. The first kappa shape index (κ1) is 21.0. The van der Waals surface area contributed by atoms with Gasteiger partial charge in [0.05, 0.1) is 27.4 Å². The van der Waals surface area contributed by atoms with Crippen LogP contribution < -0.4 is 14.9 Å². The Labute approximate surface area is 173 Å². The van der Waals surface area contributed by atoms with Crippen molar-refractivity contribution in [3.8, 4) is 0 Å². The average molecular weight is 471 g/mol. The van der Waals surface area contributed by atoms with Gasteiger partial charge in [0.2, 0.25) is 0 Å². The van der Waals surface area contributed by atoms with Gasteiger partial charge in [-0.25, -0.2) is 13.4 Å². The average Bonchev–Trinajstić information content (AvgIpc) is 2.70. The van der Waals surface area contributed by atoms with Crippen LogP contribution in [0.1, 0.15) is 24.1 Å². The second kappa shape index (κ2) is 8.75. The van der Waals surface area contributed by atoms with Crippen LogP contribution in [0.2, 0.25) is 0 Å². The number of sulfonamides is 1.